The highest BCUT2D eigenvalue weighted by atomic mass is 35.5. The summed E-state index contributed by atoms with van der Waals surface area (Å²) in [5.74, 6) is 0.514. The molecule has 11 heavy (non-hydrogen) atoms. The van der Waals surface area contributed by atoms with Crippen LogP contribution in [0.1, 0.15) is 5.76 Å². The SMILES string of the molecule is O=C(Cl)Oc1cnoc1CCl. The molecule has 0 saturated heterocycles. The molecule has 0 aliphatic rings. The summed E-state index contributed by atoms with van der Waals surface area (Å²) in [7, 11) is 0. The zero-order valence-corrected chi connectivity index (χ0v) is 6.72. The van der Waals surface area contributed by atoms with E-state index in [1.165, 1.54) is 6.20 Å². The topological polar surface area (TPSA) is 52.3 Å². The molecule has 0 atom stereocenters. The molecule has 0 aromatic carbocycles. The van der Waals surface area contributed by atoms with Gasteiger partial charge in [-0.05, 0) is 0 Å². The minimum Gasteiger partial charge on any atom is -0.409 e. The summed E-state index contributed by atoms with van der Waals surface area (Å²) in [6.45, 7) is 0. The quantitative estimate of drug-likeness (QED) is 0.537. The molecule has 60 valence electrons. The van der Waals surface area contributed by atoms with Gasteiger partial charge in [0.25, 0.3) is 0 Å². The lowest BCUT2D eigenvalue weighted by Crippen LogP contribution is -1.96. The summed E-state index contributed by atoms with van der Waals surface area (Å²) in [6.07, 6.45) is 1.22. The Balaban J connectivity index is 2.76. The van der Waals surface area contributed by atoms with Crippen molar-refractivity contribution in [2.75, 3.05) is 0 Å². The number of ether oxygens (including phenoxy) is 1. The predicted molar refractivity (Wildman–Crippen MR) is 37.9 cm³/mol. The van der Waals surface area contributed by atoms with Gasteiger partial charge in [0.15, 0.2) is 11.5 Å². The van der Waals surface area contributed by atoms with Crippen molar-refractivity contribution in [1.82, 2.24) is 5.16 Å². The van der Waals surface area contributed by atoms with E-state index in [2.05, 4.69) is 14.4 Å². The molecule has 1 aromatic heterocycles. The van der Waals surface area contributed by atoms with E-state index in [1.54, 1.807) is 0 Å². The van der Waals surface area contributed by atoms with Gasteiger partial charge in [0.1, 0.15) is 6.20 Å². The lowest BCUT2D eigenvalue weighted by Gasteiger charge is -1.93. The fourth-order valence-electron chi connectivity index (χ4n) is 0.515. The molecule has 1 rings (SSSR count). The van der Waals surface area contributed by atoms with E-state index in [9.17, 15) is 4.79 Å². The van der Waals surface area contributed by atoms with Gasteiger partial charge >= 0.3 is 5.43 Å². The van der Waals surface area contributed by atoms with Gasteiger partial charge in [-0.3, -0.25) is 0 Å². The molecule has 0 unspecified atom stereocenters. The lowest BCUT2D eigenvalue weighted by molar-refractivity contribution is 0.224. The van der Waals surface area contributed by atoms with Gasteiger partial charge in [0.05, 0.1) is 5.88 Å². The molecule has 0 fully saturated rings. The van der Waals surface area contributed by atoms with Crippen LogP contribution < -0.4 is 4.74 Å². The Morgan fingerprint density at radius 2 is 2.55 bits per heavy atom. The molecular formula is C5H3Cl2NO3. The number of nitrogens with zero attached hydrogens (tertiary/aromatic N) is 1. The van der Waals surface area contributed by atoms with Crippen molar-refractivity contribution in [3.63, 3.8) is 0 Å². The van der Waals surface area contributed by atoms with Crippen LogP contribution >= 0.6 is 23.2 Å². The van der Waals surface area contributed by atoms with Crippen molar-refractivity contribution < 1.29 is 14.1 Å². The third-order valence-electron chi connectivity index (χ3n) is 0.919. The number of aromatic nitrogens is 1. The number of carbonyl (C=O) groups is 1. The van der Waals surface area contributed by atoms with Crippen molar-refractivity contribution >= 4 is 28.6 Å². The standard InChI is InChI=1S/C5H3Cl2NO3/c6-1-3-4(2-8-11-3)10-5(7)9/h2H,1H2. The summed E-state index contributed by atoms with van der Waals surface area (Å²) in [5.41, 5.74) is -0.945. The van der Waals surface area contributed by atoms with Gasteiger partial charge in [-0.25, -0.2) is 4.79 Å². The molecule has 0 aliphatic heterocycles. The predicted octanol–water partition coefficient (Wildman–Crippen LogP) is 2.15. The molecule has 6 heteroatoms. The molecule has 0 N–H and O–H groups in total. The third kappa shape index (κ3) is 2.10. The first-order valence-corrected chi connectivity index (χ1v) is 3.52. The van der Waals surface area contributed by atoms with Crippen molar-refractivity contribution in [3.8, 4) is 5.75 Å². The fraction of sp³-hybridized carbons (Fsp3) is 0.200. The summed E-state index contributed by atoms with van der Waals surface area (Å²) in [5, 5.41) is 3.35. The number of halogens is 2. The Morgan fingerprint density at radius 1 is 1.82 bits per heavy atom. The first kappa shape index (κ1) is 8.36. The number of hydrogen-bond acceptors (Lipinski definition) is 4. The van der Waals surface area contributed by atoms with E-state index in [-0.39, 0.29) is 17.4 Å². The first-order chi connectivity index (χ1) is 5.24. The maximum absolute atomic E-state index is 10.2. The van der Waals surface area contributed by atoms with Gasteiger partial charge < -0.3 is 9.26 Å². The van der Waals surface area contributed by atoms with Crippen LogP contribution in [-0.4, -0.2) is 10.6 Å². The monoisotopic (exact) mass is 195 g/mol. The Labute approximate surface area is 72.0 Å². The van der Waals surface area contributed by atoms with E-state index in [0.717, 1.165) is 0 Å². The molecule has 0 amide bonds. The van der Waals surface area contributed by atoms with Crippen molar-refractivity contribution in [2.24, 2.45) is 0 Å². The van der Waals surface area contributed by atoms with Crippen LogP contribution in [0.4, 0.5) is 4.79 Å². The normalized spacial score (nSPS) is 9.64. The zero-order valence-electron chi connectivity index (χ0n) is 5.21. The molecule has 0 saturated carbocycles. The van der Waals surface area contributed by atoms with E-state index in [1.807, 2.05) is 0 Å². The molecule has 0 aliphatic carbocycles. The highest BCUT2D eigenvalue weighted by molar-refractivity contribution is 6.61. The molecule has 1 aromatic rings. The largest absolute Gasteiger partial charge is 0.409 e. The Bertz CT molecular complexity index is 260. The van der Waals surface area contributed by atoms with Crippen LogP contribution in [0.25, 0.3) is 0 Å². The molecular weight excluding hydrogens is 193 g/mol. The van der Waals surface area contributed by atoms with Crippen molar-refractivity contribution in [1.29, 1.82) is 0 Å². The summed E-state index contributed by atoms with van der Waals surface area (Å²) in [6, 6.07) is 0. The maximum Gasteiger partial charge on any atom is 0.409 e. The van der Waals surface area contributed by atoms with Gasteiger partial charge in [0, 0.05) is 11.6 Å². The average Bonchev–Trinajstić information content (AvgIpc) is 2.34. The average molecular weight is 196 g/mol. The van der Waals surface area contributed by atoms with Crippen LogP contribution in [0, 0.1) is 0 Å². The molecule has 0 spiro atoms. The molecule has 0 radical (unpaired) electrons. The number of hydrogen-bond donors (Lipinski definition) is 0. The highest BCUT2D eigenvalue weighted by Crippen LogP contribution is 2.19. The Morgan fingerprint density at radius 3 is 3.09 bits per heavy atom. The Kier molecular flexibility index (Phi) is 2.73. The van der Waals surface area contributed by atoms with Crippen molar-refractivity contribution in [3.05, 3.63) is 12.0 Å². The highest BCUT2D eigenvalue weighted by Gasteiger charge is 2.10. The summed E-state index contributed by atoms with van der Waals surface area (Å²) >= 11 is 10.3. The second-order valence-electron chi connectivity index (χ2n) is 1.59. The van der Waals surface area contributed by atoms with Gasteiger partial charge in [0.2, 0.25) is 0 Å². The van der Waals surface area contributed by atoms with E-state index >= 15 is 0 Å². The lowest BCUT2D eigenvalue weighted by atomic mass is 10.5. The molecule has 1 heterocycles. The van der Waals surface area contributed by atoms with Gasteiger partial charge in [-0.2, -0.15) is 0 Å². The number of carbonyl (C=O) groups excluding carboxylic acids is 1. The van der Waals surface area contributed by atoms with E-state index in [4.69, 9.17) is 23.2 Å². The van der Waals surface area contributed by atoms with Crippen LogP contribution in [-0.2, 0) is 5.88 Å². The Hall–Kier alpha value is -0.740. The second kappa shape index (κ2) is 3.59. The number of alkyl halides is 1. The minimum absolute atomic E-state index is 0.0828. The van der Waals surface area contributed by atoms with Crippen LogP contribution in [0.5, 0.6) is 5.75 Å². The first-order valence-electron chi connectivity index (χ1n) is 2.61. The molecule has 4 nitrogen and oxygen atoms in total. The van der Waals surface area contributed by atoms with Crippen LogP contribution in [0.2, 0.25) is 0 Å². The summed E-state index contributed by atoms with van der Waals surface area (Å²) in [4.78, 5) is 10.2. The summed E-state index contributed by atoms with van der Waals surface area (Å²) < 4.78 is 9.06. The van der Waals surface area contributed by atoms with E-state index < -0.39 is 5.43 Å². The van der Waals surface area contributed by atoms with Crippen LogP contribution in [0.3, 0.4) is 0 Å². The fourth-order valence-corrected chi connectivity index (χ4v) is 0.778. The van der Waals surface area contributed by atoms with E-state index in [0.29, 0.717) is 0 Å². The van der Waals surface area contributed by atoms with Crippen molar-refractivity contribution in [2.45, 2.75) is 5.88 Å². The van der Waals surface area contributed by atoms with Crippen LogP contribution in [0.15, 0.2) is 10.7 Å². The third-order valence-corrected chi connectivity index (χ3v) is 1.24. The maximum atomic E-state index is 10.2. The van der Waals surface area contributed by atoms with Gasteiger partial charge in [-0.1, -0.05) is 5.16 Å². The smallest absolute Gasteiger partial charge is 0.409 e. The molecule has 0 bridgehead atoms. The number of rotatable bonds is 2. The van der Waals surface area contributed by atoms with Gasteiger partial charge in [-0.15, -0.1) is 11.6 Å². The minimum atomic E-state index is -0.945. The second-order valence-corrected chi connectivity index (χ2v) is 2.16. The zero-order chi connectivity index (χ0) is 8.27.